The molecule has 38 heavy (non-hydrogen) atoms. The summed E-state index contributed by atoms with van der Waals surface area (Å²) in [4.78, 5) is 0. The zero-order chi connectivity index (χ0) is 25.1. The summed E-state index contributed by atoms with van der Waals surface area (Å²) in [5.41, 5.74) is 8.79. The molecule has 2 heterocycles. The smallest absolute Gasteiger partial charge is 0.0641 e. The van der Waals surface area contributed by atoms with Crippen LogP contribution in [0.1, 0.15) is 17.9 Å². The van der Waals surface area contributed by atoms with Gasteiger partial charge in [-0.1, -0.05) is 103 Å². The Kier molecular flexibility index (Phi) is 4.68. The van der Waals surface area contributed by atoms with Crippen LogP contribution in [0.2, 0.25) is 0 Å². The van der Waals surface area contributed by atoms with Crippen molar-refractivity contribution in [3.63, 3.8) is 0 Å². The molecule has 0 aliphatic heterocycles. The highest BCUT2D eigenvalue weighted by molar-refractivity contribution is 6.26. The van der Waals surface area contributed by atoms with Gasteiger partial charge < -0.3 is 9.13 Å². The maximum atomic E-state index is 2.45. The van der Waals surface area contributed by atoms with Gasteiger partial charge in [-0.3, -0.25) is 0 Å². The number of hydrogen-bond donors (Lipinski definition) is 0. The highest BCUT2D eigenvalue weighted by atomic mass is 15.0. The molecule has 180 valence electrons. The maximum absolute atomic E-state index is 2.45. The van der Waals surface area contributed by atoms with Gasteiger partial charge in [0.25, 0.3) is 0 Å². The minimum atomic E-state index is 0.417. The second-order valence-corrected chi connectivity index (χ2v) is 10.1. The summed E-state index contributed by atoms with van der Waals surface area (Å²) in [6, 6.07) is 43.8. The summed E-state index contributed by atoms with van der Waals surface area (Å²) >= 11 is 0. The Labute approximate surface area is 221 Å². The van der Waals surface area contributed by atoms with Crippen LogP contribution >= 0.6 is 0 Å². The molecule has 5 aromatic carbocycles. The molecule has 1 unspecified atom stereocenters. The van der Waals surface area contributed by atoms with Crippen molar-refractivity contribution in [2.24, 2.45) is 0 Å². The third-order valence-corrected chi connectivity index (χ3v) is 8.05. The number of hydrogen-bond acceptors (Lipinski definition) is 0. The Balaban J connectivity index is 1.43. The lowest BCUT2D eigenvalue weighted by Gasteiger charge is -2.18. The third kappa shape index (κ3) is 3.07. The van der Waals surface area contributed by atoms with E-state index in [2.05, 4.69) is 149 Å². The van der Waals surface area contributed by atoms with Gasteiger partial charge in [0.05, 0.1) is 22.1 Å². The number of allylic oxidation sites excluding steroid dienone is 4. The first-order valence-corrected chi connectivity index (χ1v) is 13.3. The fraction of sp³-hybridized carbons (Fsp3) is 0.0556. The van der Waals surface area contributed by atoms with Crippen LogP contribution in [0.25, 0.3) is 55.0 Å². The van der Waals surface area contributed by atoms with E-state index in [1.807, 2.05) is 0 Å². The predicted octanol–water partition coefficient (Wildman–Crippen LogP) is 9.48. The summed E-state index contributed by atoms with van der Waals surface area (Å²) in [5, 5.41) is 5.16. The summed E-state index contributed by atoms with van der Waals surface area (Å²) in [6.07, 6.45) is 8.08. The van der Waals surface area contributed by atoms with Crippen molar-refractivity contribution in [1.82, 2.24) is 9.13 Å². The van der Waals surface area contributed by atoms with E-state index in [-0.39, 0.29) is 0 Å². The minimum Gasteiger partial charge on any atom is -0.309 e. The average molecular weight is 487 g/mol. The molecule has 0 N–H and O–H groups in total. The van der Waals surface area contributed by atoms with Crippen LogP contribution in [0, 0.1) is 0 Å². The second kappa shape index (κ2) is 8.36. The minimum absolute atomic E-state index is 0.417. The van der Waals surface area contributed by atoms with Crippen molar-refractivity contribution in [2.75, 3.05) is 0 Å². The number of benzene rings is 5. The molecule has 0 amide bonds. The number of nitrogens with zero attached hydrogens (tertiary/aromatic N) is 2. The van der Waals surface area contributed by atoms with Crippen molar-refractivity contribution in [3.05, 3.63) is 145 Å². The van der Waals surface area contributed by atoms with Crippen molar-refractivity contribution in [3.8, 4) is 5.69 Å². The number of rotatable bonds is 3. The van der Waals surface area contributed by atoms with E-state index >= 15 is 0 Å². The van der Waals surface area contributed by atoms with Gasteiger partial charge in [0.1, 0.15) is 0 Å². The van der Waals surface area contributed by atoms with E-state index in [0.717, 1.165) is 6.42 Å². The van der Waals surface area contributed by atoms with Crippen LogP contribution in [0.3, 0.4) is 0 Å². The van der Waals surface area contributed by atoms with Gasteiger partial charge in [-0.05, 0) is 48.4 Å². The monoisotopic (exact) mass is 486 g/mol. The zero-order valence-electron chi connectivity index (χ0n) is 21.0. The summed E-state index contributed by atoms with van der Waals surface area (Å²) < 4.78 is 4.90. The fourth-order valence-electron chi connectivity index (χ4n) is 6.35. The van der Waals surface area contributed by atoms with Crippen LogP contribution in [0.4, 0.5) is 0 Å². The highest BCUT2D eigenvalue weighted by Crippen LogP contribution is 2.42. The molecule has 0 fully saturated rings. The molecule has 2 nitrogen and oxygen atoms in total. The number of fused-ring (bicyclic) bond motifs is 7. The van der Waals surface area contributed by atoms with Crippen molar-refractivity contribution in [1.29, 1.82) is 0 Å². The lowest BCUT2D eigenvalue weighted by molar-refractivity contribution is 0.850. The molecule has 0 radical (unpaired) electrons. The van der Waals surface area contributed by atoms with Crippen LogP contribution in [-0.2, 0) is 0 Å². The Morgan fingerprint density at radius 1 is 0.526 bits per heavy atom. The molecule has 7 aromatic rings. The molecular weight excluding hydrogens is 460 g/mol. The van der Waals surface area contributed by atoms with Gasteiger partial charge in [-0.15, -0.1) is 0 Å². The lowest BCUT2D eigenvalue weighted by atomic mass is 9.92. The predicted molar refractivity (Wildman–Crippen MR) is 161 cm³/mol. The highest BCUT2D eigenvalue weighted by Gasteiger charge is 2.21. The molecule has 0 bridgehead atoms. The first-order chi connectivity index (χ1) is 18.9. The van der Waals surface area contributed by atoms with Gasteiger partial charge in [0.2, 0.25) is 0 Å². The molecule has 2 aromatic heterocycles. The van der Waals surface area contributed by atoms with Crippen LogP contribution in [-0.4, -0.2) is 9.13 Å². The van der Waals surface area contributed by atoms with Crippen LogP contribution in [0.15, 0.2) is 140 Å². The van der Waals surface area contributed by atoms with Crippen molar-refractivity contribution < 1.29 is 0 Å². The van der Waals surface area contributed by atoms with E-state index in [1.54, 1.807) is 0 Å². The number of para-hydroxylation sites is 3. The molecule has 0 saturated heterocycles. The first kappa shape index (κ1) is 21.3. The Morgan fingerprint density at radius 2 is 1.18 bits per heavy atom. The molecule has 8 rings (SSSR count). The summed E-state index contributed by atoms with van der Waals surface area (Å²) in [7, 11) is 0. The maximum Gasteiger partial charge on any atom is 0.0641 e. The van der Waals surface area contributed by atoms with Crippen molar-refractivity contribution >= 4 is 49.3 Å². The molecule has 0 saturated carbocycles. The summed E-state index contributed by atoms with van der Waals surface area (Å²) in [6.45, 7) is 0. The first-order valence-electron chi connectivity index (χ1n) is 13.3. The molecule has 1 aliphatic carbocycles. The largest absolute Gasteiger partial charge is 0.309 e. The van der Waals surface area contributed by atoms with E-state index < -0.39 is 0 Å². The topological polar surface area (TPSA) is 9.86 Å². The van der Waals surface area contributed by atoms with E-state index in [9.17, 15) is 0 Å². The van der Waals surface area contributed by atoms with Crippen LogP contribution in [0.5, 0.6) is 0 Å². The van der Waals surface area contributed by atoms with Crippen molar-refractivity contribution in [2.45, 2.75) is 12.3 Å². The quantitative estimate of drug-likeness (QED) is 0.235. The Bertz CT molecular complexity index is 2040. The van der Waals surface area contributed by atoms with Gasteiger partial charge in [-0.2, -0.15) is 0 Å². The summed E-state index contributed by atoms with van der Waals surface area (Å²) in [5.74, 6) is 0.417. The molecule has 1 atom stereocenters. The van der Waals surface area contributed by atoms with Gasteiger partial charge in [0, 0.05) is 38.8 Å². The lowest BCUT2D eigenvalue weighted by Crippen LogP contribution is -2.02. The molecule has 0 spiro atoms. The van der Waals surface area contributed by atoms with Gasteiger partial charge >= 0.3 is 0 Å². The molecular formula is C36H26N2. The Hall–Kier alpha value is -4.82. The van der Waals surface area contributed by atoms with E-state index in [1.165, 1.54) is 60.6 Å². The zero-order valence-corrected chi connectivity index (χ0v) is 21.0. The van der Waals surface area contributed by atoms with E-state index in [0.29, 0.717) is 5.92 Å². The molecule has 2 heteroatoms. The normalized spacial score (nSPS) is 15.6. The fourth-order valence-corrected chi connectivity index (χ4v) is 6.35. The second-order valence-electron chi connectivity index (χ2n) is 10.1. The van der Waals surface area contributed by atoms with Crippen LogP contribution < -0.4 is 0 Å². The SMILES string of the molecule is C1=CC(c2ccccc2)CC=C1n1c2ccccc2c2c1ccc1c3ccccc3n(-c3ccccc3)c12. The molecule has 1 aliphatic rings. The van der Waals surface area contributed by atoms with E-state index in [4.69, 9.17) is 0 Å². The number of aromatic nitrogens is 2. The average Bonchev–Trinajstić information content (AvgIpc) is 3.51. The Morgan fingerprint density at radius 3 is 1.92 bits per heavy atom. The standard InChI is InChI=1S/C36H26N2/c1-3-11-25(12-4-1)26-19-21-28(22-20-26)37-33-18-10-8-16-31(33)35-34(37)24-23-30-29-15-7-9-17-32(29)38(36(30)35)27-13-5-2-6-14-27/h1-19,21-24,26H,20H2. The third-order valence-electron chi connectivity index (χ3n) is 8.05. The van der Waals surface area contributed by atoms with Gasteiger partial charge in [0.15, 0.2) is 0 Å². The van der Waals surface area contributed by atoms with Gasteiger partial charge in [-0.25, -0.2) is 0 Å².